The lowest BCUT2D eigenvalue weighted by atomic mass is 9.83. The number of amides is 1. The third-order valence-electron chi connectivity index (χ3n) is 6.91. The van der Waals surface area contributed by atoms with Gasteiger partial charge < -0.3 is 26.2 Å². The van der Waals surface area contributed by atoms with Crippen molar-refractivity contribution in [2.45, 2.75) is 25.5 Å². The number of rotatable bonds is 5. The Kier molecular flexibility index (Phi) is 6.97. The van der Waals surface area contributed by atoms with Gasteiger partial charge in [-0.25, -0.2) is 4.79 Å². The molecule has 3 aliphatic rings. The molecule has 3 fully saturated rings. The molecule has 0 aliphatic carbocycles. The number of piperidine rings is 3. The molecule has 3 heterocycles. The van der Waals surface area contributed by atoms with Crippen molar-refractivity contribution in [2.75, 3.05) is 25.0 Å². The summed E-state index contributed by atoms with van der Waals surface area (Å²) in [5, 5.41) is 3.01. The predicted octanol–water partition coefficient (Wildman–Crippen LogP) is 2.72. The van der Waals surface area contributed by atoms with Crippen LogP contribution in [0.3, 0.4) is 0 Å². The normalized spacial score (nSPS) is 23.8. The van der Waals surface area contributed by atoms with Crippen LogP contribution in [0, 0.1) is 5.92 Å². The maximum atomic E-state index is 12.9. The van der Waals surface area contributed by atoms with Crippen LogP contribution in [0.5, 0.6) is 0 Å². The van der Waals surface area contributed by atoms with E-state index in [9.17, 15) is 4.79 Å². The first kappa shape index (κ1) is 22.6. The fourth-order valence-corrected chi connectivity index (χ4v) is 5.29. The Hall–Kier alpha value is -2.63. The van der Waals surface area contributed by atoms with E-state index in [-0.39, 0.29) is 29.2 Å². The first-order valence-electron chi connectivity index (χ1n) is 11.2. The molecule has 3 aliphatic heterocycles. The number of nitrogens with one attached hydrogen (secondary N) is 1. The number of hydrogen-bond donors (Lipinski definition) is 1. The quantitative estimate of drug-likeness (QED) is 0.556. The first-order valence-corrected chi connectivity index (χ1v) is 11.2. The van der Waals surface area contributed by atoms with Crippen LogP contribution >= 0.6 is 0 Å². The van der Waals surface area contributed by atoms with E-state index in [0.29, 0.717) is 5.92 Å². The summed E-state index contributed by atoms with van der Waals surface area (Å²) in [6.07, 6.45) is 1.90. The number of hydrogen-bond acceptors (Lipinski definition) is 2. The molecule has 166 valence electrons. The summed E-state index contributed by atoms with van der Waals surface area (Å²) in [6, 6.07) is 28.7. The lowest BCUT2D eigenvalue weighted by Gasteiger charge is -2.52. The average Bonchev–Trinajstić information content (AvgIpc) is 2.81. The van der Waals surface area contributed by atoms with Crippen LogP contribution in [0.1, 0.15) is 18.4 Å². The minimum Gasteiger partial charge on any atom is -1.00 e. The van der Waals surface area contributed by atoms with E-state index < -0.39 is 0 Å². The van der Waals surface area contributed by atoms with Crippen LogP contribution in [-0.2, 0) is 11.3 Å². The molecule has 3 aromatic carbocycles. The molecule has 0 radical (unpaired) electrons. The van der Waals surface area contributed by atoms with Gasteiger partial charge in [0.25, 0.3) is 0 Å². The maximum absolute atomic E-state index is 12.9. The van der Waals surface area contributed by atoms with Gasteiger partial charge in [-0.2, -0.15) is 0 Å². The Morgan fingerprint density at radius 2 is 1.50 bits per heavy atom. The minimum absolute atomic E-state index is 0. The van der Waals surface area contributed by atoms with Gasteiger partial charge in [-0.1, -0.05) is 78.9 Å². The zero-order valence-electron chi connectivity index (χ0n) is 18.1. The largest absolute Gasteiger partial charge is 1.00 e. The molecule has 1 atom stereocenters. The number of carbonyl (C=O) groups excluding carboxylic acids is 1. The number of anilines is 1. The molecular formula is C27H29BrN2O2. The highest BCUT2D eigenvalue weighted by atomic mass is 79.9. The van der Waals surface area contributed by atoms with E-state index in [1.807, 2.05) is 42.5 Å². The van der Waals surface area contributed by atoms with Gasteiger partial charge in [-0.05, 0) is 11.6 Å². The molecule has 0 aromatic heterocycles. The standard InChI is InChI=1S/C27H28N2O2.BrH/c30-27(28-25-14-8-7-13-24(25)22-11-5-2-6-12-22)31-26-20-29(17-15-23(26)16-18-29)19-21-9-3-1-4-10-21;/h1-14,23,26H,15-20H2;1H. The van der Waals surface area contributed by atoms with Crippen LogP contribution in [0.25, 0.3) is 11.1 Å². The summed E-state index contributed by atoms with van der Waals surface area (Å²) in [7, 11) is 0. The Bertz CT molecular complexity index is 1030. The molecule has 0 spiro atoms. The third kappa shape index (κ3) is 4.89. The summed E-state index contributed by atoms with van der Waals surface area (Å²) in [4.78, 5) is 12.9. The van der Waals surface area contributed by atoms with Gasteiger partial charge in [-0.3, -0.25) is 5.32 Å². The van der Waals surface area contributed by atoms with Crippen LogP contribution in [0.4, 0.5) is 10.5 Å². The van der Waals surface area contributed by atoms with Crippen LogP contribution in [0.15, 0.2) is 84.9 Å². The summed E-state index contributed by atoms with van der Waals surface area (Å²) in [5.41, 5.74) is 4.23. The Labute approximate surface area is 200 Å². The van der Waals surface area contributed by atoms with Crippen molar-refractivity contribution in [3.05, 3.63) is 90.5 Å². The SMILES string of the molecule is O=C(Nc1ccccc1-c1ccccc1)OC1C[N+]2(Cc3ccccc3)CCC1CC2.[Br-]. The smallest absolute Gasteiger partial charge is 0.412 e. The van der Waals surface area contributed by atoms with E-state index in [4.69, 9.17) is 4.74 Å². The van der Waals surface area contributed by atoms with E-state index in [1.54, 1.807) is 0 Å². The number of quaternary nitrogens is 1. The number of nitrogens with zero attached hydrogens (tertiary/aromatic N) is 1. The molecule has 6 rings (SSSR count). The summed E-state index contributed by atoms with van der Waals surface area (Å²) in [6.45, 7) is 4.29. The van der Waals surface area contributed by atoms with Gasteiger partial charge in [-0.15, -0.1) is 0 Å². The fraction of sp³-hybridized carbons (Fsp3) is 0.296. The summed E-state index contributed by atoms with van der Waals surface area (Å²) in [5.74, 6) is 0.478. The number of carbonyl (C=O) groups is 1. The highest BCUT2D eigenvalue weighted by Crippen LogP contribution is 2.37. The van der Waals surface area contributed by atoms with Gasteiger partial charge >= 0.3 is 6.09 Å². The van der Waals surface area contributed by atoms with Crippen molar-refractivity contribution >= 4 is 11.8 Å². The minimum atomic E-state index is -0.347. The lowest BCUT2D eigenvalue weighted by molar-refractivity contribution is -0.958. The lowest BCUT2D eigenvalue weighted by Crippen LogP contribution is -3.00. The van der Waals surface area contributed by atoms with Crippen LogP contribution in [-0.4, -0.2) is 36.3 Å². The molecule has 2 bridgehead atoms. The summed E-state index contributed by atoms with van der Waals surface area (Å²) < 4.78 is 7.04. The molecule has 0 saturated carbocycles. The van der Waals surface area contributed by atoms with Gasteiger partial charge in [0.1, 0.15) is 13.1 Å². The first-order chi connectivity index (χ1) is 15.2. The Morgan fingerprint density at radius 1 is 0.875 bits per heavy atom. The van der Waals surface area contributed by atoms with Crippen molar-refractivity contribution in [3.8, 4) is 11.1 Å². The van der Waals surface area contributed by atoms with Crippen molar-refractivity contribution in [2.24, 2.45) is 5.92 Å². The highest BCUT2D eigenvalue weighted by molar-refractivity contribution is 5.91. The van der Waals surface area contributed by atoms with E-state index in [2.05, 4.69) is 47.8 Å². The predicted molar refractivity (Wildman–Crippen MR) is 124 cm³/mol. The number of benzene rings is 3. The average molecular weight is 493 g/mol. The van der Waals surface area contributed by atoms with Crippen molar-refractivity contribution in [1.29, 1.82) is 0 Å². The second kappa shape index (κ2) is 9.88. The van der Waals surface area contributed by atoms with E-state index >= 15 is 0 Å². The zero-order chi connectivity index (χ0) is 21.1. The summed E-state index contributed by atoms with van der Waals surface area (Å²) >= 11 is 0. The van der Waals surface area contributed by atoms with Crippen LogP contribution < -0.4 is 22.3 Å². The van der Waals surface area contributed by atoms with Gasteiger partial charge in [0.2, 0.25) is 0 Å². The van der Waals surface area contributed by atoms with Gasteiger partial charge in [0, 0.05) is 29.9 Å². The number of halogens is 1. The number of fused-ring (bicyclic) bond motifs is 3. The van der Waals surface area contributed by atoms with Crippen molar-refractivity contribution in [1.82, 2.24) is 0 Å². The molecule has 1 N–H and O–H groups in total. The Balaban J connectivity index is 0.00000245. The molecular weight excluding hydrogens is 464 g/mol. The fourth-order valence-electron chi connectivity index (χ4n) is 5.29. The van der Waals surface area contributed by atoms with E-state index in [1.165, 1.54) is 18.7 Å². The van der Waals surface area contributed by atoms with Gasteiger partial charge in [0.05, 0.1) is 18.8 Å². The monoisotopic (exact) mass is 492 g/mol. The zero-order valence-corrected chi connectivity index (χ0v) is 19.7. The van der Waals surface area contributed by atoms with Crippen LogP contribution in [0.2, 0.25) is 0 Å². The topological polar surface area (TPSA) is 38.3 Å². The third-order valence-corrected chi connectivity index (χ3v) is 6.91. The molecule has 1 unspecified atom stereocenters. The van der Waals surface area contributed by atoms with Gasteiger partial charge in [0.15, 0.2) is 6.10 Å². The molecule has 1 amide bonds. The molecule has 4 nitrogen and oxygen atoms in total. The molecule has 32 heavy (non-hydrogen) atoms. The number of para-hydroxylation sites is 1. The Morgan fingerprint density at radius 3 is 2.22 bits per heavy atom. The molecule has 3 aromatic rings. The second-order valence-corrected chi connectivity index (χ2v) is 8.93. The maximum Gasteiger partial charge on any atom is 0.412 e. The highest BCUT2D eigenvalue weighted by Gasteiger charge is 2.47. The van der Waals surface area contributed by atoms with Crippen molar-refractivity contribution in [3.63, 3.8) is 0 Å². The van der Waals surface area contributed by atoms with Crippen molar-refractivity contribution < 1.29 is 31.0 Å². The van der Waals surface area contributed by atoms with E-state index in [0.717, 1.165) is 47.2 Å². The second-order valence-electron chi connectivity index (χ2n) is 8.93. The molecule has 3 saturated heterocycles. The number of ether oxygens (including phenoxy) is 1. The molecule has 5 heteroatoms.